The van der Waals surface area contributed by atoms with E-state index in [0.717, 1.165) is 0 Å². The predicted molar refractivity (Wildman–Crippen MR) is 78.2 cm³/mol. The number of carbonyl (C=O) groups excluding carboxylic acids is 2. The van der Waals surface area contributed by atoms with E-state index in [1.165, 1.54) is 0 Å². The van der Waals surface area contributed by atoms with E-state index >= 15 is 0 Å². The Kier molecular flexibility index (Phi) is 4.36. The largest absolute Gasteiger partial charge is 0.385 e. The van der Waals surface area contributed by atoms with Crippen LogP contribution in [-0.4, -0.2) is 85.6 Å². The Morgan fingerprint density at radius 2 is 2.05 bits per heavy atom. The summed E-state index contributed by atoms with van der Waals surface area (Å²) in [5, 5.41) is 0. The van der Waals surface area contributed by atoms with Crippen molar-refractivity contribution in [1.29, 1.82) is 0 Å². The third kappa shape index (κ3) is 2.67. The van der Waals surface area contributed by atoms with E-state index in [4.69, 9.17) is 10.5 Å². The monoisotopic (exact) mass is 297 g/mol. The maximum Gasteiger partial charge on any atom is 0.346 e. The lowest BCUT2D eigenvalue weighted by Crippen LogP contribution is -2.61. The highest BCUT2D eigenvalue weighted by Gasteiger charge is 2.50. The number of ether oxygens (including phenoxy) is 1. The lowest BCUT2D eigenvalue weighted by molar-refractivity contribution is 0.0818. The molecular weight excluding hydrogens is 274 g/mol. The number of carbonyl (C=O) groups is 2. The van der Waals surface area contributed by atoms with Crippen LogP contribution in [0.15, 0.2) is 4.99 Å². The minimum Gasteiger partial charge on any atom is -0.385 e. The summed E-state index contributed by atoms with van der Waals surface area (Å²) in [4.78, 5) is 32.9. The summed E-state index contributed by atoms with van der Waals surface area (Å²) in [6.07, 6.45) is 1.22. The Labute approximate surface area is 124 Å². The number of methoxy groups -OCH3 is 1. The number of piperidine rings is 1. The van der Waals surface area contributed by atoms with Crippen molar-refractivity contribution in [3.8, 4) is 0 Å². The molecule has 0 bridgehead atoms. The molecule has 0 saturated carbocycles. The second kappa shape index (κ2) is 5.88. The molecule has 0 atom stereocenters. The summed E-state index contributed by atoms with van der Waals surface area (Å²) in [5.41, 5.74) is 5.45. The molecule has 0 radical (unpaired) electrons. The fraction of sp³-hybridized carbons (Fsp3) is 0.769. The van der Waals surface area contributed by atoms with Gasteiger partial charge in [-0.25, -0.2) is 9.59 Å². The molecule has 0 aromatic carbocycles. The van der Waals surface area contributed by atoms with Crippen molar-refractivity contribution < 1.29 is 14.3 Å². The molecule has 4 amide bonds. The van der Waals surface area contributed by atoms with Gasteiger partial charge in [-0.2, -0.15) is 4.99 Å². The summed E-state index contributed by atoms with van der Waals surface area (Å²) in [6.45, 7) is 2.02. The third-order valence-electron chi connectivity index (χ3n) is 4.20. The second-order valence-corrected chi connectivity index (χ2v) is 5.62. The van der Waals surface area contributed by atoms with Gasteiger partial charge in [-0.15, -0.1) is 0 Å². The average Bonchev–Trinajstić information content (AvgIpc) is 2.68. The minimum absolute atomic E-state index is 0.0203. The van der Waals surface area contributed by atoms with E-state index in [-0.39, 0.29) is 12.1 Å². The molecule has 118 valence electrons. The van der Waals surface area contributed by atoms with Gasteiger partial charge >= 0.3 is 12.1 Å². The molecule has 2 rings (SSSR count). The zero-order valence-electron chi connectivity index (χ0n) is 12.8. The smallest absolute Gasteiger partial charge is 0.346 e. The first-order valence-corrected chi connectivity index (χ1v) is 7.04. The van der Waals surface area contributed by atoms with Gasteiger partial charge in [0.1, 0.15) is 11.4 Å². The Morgan fingerprint density at radius 3 is 2.57 bits per heavy atom. The molecule has 0 unspecified atom stereocenters. The Bertz CT molecular complexity index is 455. The van der Waals surface area contributed by atoms with Gasteiger partial charge in [-0.3, -0.25) is 0 Å². The minimum atomic E-state index is -0.557. The van der Waals surface area contributed by atoms with Crippen molar-refractivity contribution in [3.63, 3.8) is 0 Å². The van der Waals surface area contributed by atoms with E-state index in [1.54, 1.807) is 35.9 Å². The zero-order chi connectivity index (χ0) is 15.6. The molecule has 8 nitrogen and oxygen atoms in total. The maximum atomic E-state index is 12.0. The Morgan fingerprint density at radius 1 is 1.43 bits per heavy atom. The Hall–Kier alpha value is -1.83. The van der Waals surface area contributed by atoms with Crippen LogP contribution in [0.25, 0.3) is 0 Å². The van der Waals surface area contributed by atoms with Crippen molar-refractivity contribution in [2.75, 3.05) is 47.4 Å². The molecule has 1 spiro atoms. The molecule has 2 heterocycles. The van der Waals surface area contributed by atoms with E-state index in [9.17, 15) is 9.59 Å². The zero-order valence-corrected chi connectivity index (χ0v) is 12.8. The van der Waals surface area contributed by atoms with Crippen LogP contribution in [0.2, 0.25) is 0 Å². The highest BCUT2D eigenvalue weighted by Crippen LogP contribution is 2.34. The summed E-state index contributed by atoms with van der Waals surface area (Å²) < 4.78 is 5.06. The quantitative estimate of drug-likeness (QED) is 0.790. The number of nitrogens with two attached hydrogens (primary N) is 1. The molecule has 1 saturated heterocycles. The highest BCUT2D eigenvalue weighted by molar-refractivity contribution is 6.06. The van der Waals surface area contributed by atoms with Crippen LogP contribution in [0.3, 0.4) is 0 Å². The van der Waals surface area contributed by atoms with Gasteiger partial charge in [0.15, 0.2) is 0 Å². The van der Waals surface area contributed by atoms with Crippen LogP contribution >= 0.6 is 0 Å². The number of urea groups is 2. The van der Waals surface area contributed by atoms with Crippen molar-refractivity contribution in [2.24, 2.45) is 10.7 Å². The normalized spacial score (nSPS) is 20.9. The number of amidine groups is 1. The number of nitrogens with zero attached hydrogens (tertiary/aromatic N) is 4. The molecule has 1 fully saturated rings. The number of aliphatic imine (C=N–C) groups is 1. The van der Waals surface area contributed by atoms with Crippen molar-refractivity contribution in [1.82, 2.24) is 14.7 Å². The fourth-order valence-corrected chi connectivity index (χ4v) is 2.96. The maximum absolute atomic E-state index is 12.0. The number of amides is 4. The summed E-state index contributed by atoms with van der Waals surface area (Å²) in [5.74, 6) is 0.362. The van der Waals surface area contributed by atoms with Gasteiger partial charge < -0.3 is 25.2 Å². The average molecular weight is 297 g/mol. The van der Waals surface area contributed by atoms with Gasteiger partial charge in [0.25, 0.3) is 0 Å². The highest BCUT2D eigenvalue weighted by atomic mass is 16.5. The lowest BCUT2D eigenvalue weighted by Gasteiger charge is -2.44. The van der Waals surface area contributed by atoms with Gasteiger partial charge in [0.05, 0.1) is 6.61 Å². The first kappa shape index (κ1) is 15.6. The predicted octanol–water partition coefficient (Wildman–Crippen LogP) is -0.0582. The van der Waals surface area contributed by atoms with E-state index in [0.29, 0.717) is 44.9 Å². The number of rotatable bonds is 3. The van der Waals surface area contributed by atoms with Gasteiger partial charge in [0, 0.05) is 40.8 Å². The molecule has 0 aromatic heterocycles. The molecule has 0 aromatic rings. The van der Waals surface area contributed by atoms with Crippen LogP contribution in [0.5, 0.6) is 0 Å². The first-order valence-electron chi connectivity index (χ1n) is 7.04. The van der Waals surface area contributed by atoms with E-state index in [1.807, 2.05) is 0 Å². The van der Waals surface area contributed by atoms with Crippen molar-refractivity contribution in [2.45, 2.75) is 18.4 Å². The molecule has 2 aliphatic heterocycles. The number of hydrogen-bond donors (Lipinski definition) is 1. The van der Waals surface area contributed by atoms with E-state index in [2.05, 4.69) is 4.99 Å². The molecule has 2 N–H and O–H groups in total. The van der Waals surface area contributed by atoms with Gasteiger partial charge in [-0.1, -0.05) is 0 Å². The van der Waals surface area contributed by atoms with Gasteiger partial charge in [-0.05, 0) is 12.8 Å². The van der Waals surface area contributed by atoms with E-state index < -0.39 is 5.54 Å². The first-order chi connectivity index (χ1) is 9.92. The SMILES string of the molecule is COCCN1C(=O)N=C(N)C12CCN(C(=O)N(C)C)CC2. The molecule has 0 aliphatic carbocycles. The fourth-order valence-electron chi connectivity index (χ4n) is 2.96. The van der Waals surface area contributed by atoms with Crippen LogP contribution < -0.4 is 5.73 Å². The summed E-state index contributed by atoms with van der Waals surface area (Å²) >= 11 is 0. The standard InChI is InChI=1S/C13H23N5O3/c1-16(2)12(20)17-6-4-13(5-7-17)10(14)15-11(19)18(13)8-9-21-3/h4-9H2,1-3H3,(H2,14,15,19). The Balaban J connectivity index is 2.10. The van der Waals surface area contributed by atoms with Crippen LogP contribution in [-0.2, 0) is 4.74 Å². The molecular formula is C13H23N5O3. The second-order valence-electron chi connectivity index (χ2n) is 5.62. The van der Waals surface area contributed by atoms with Crippen LogP contribution in [0.4, 0.5) is 9.59 Å². The third-order valence-corrected chi connectivity index (χ3v) is 4.20. The number of hydrogen-bond acceptors (Lipinski definition) is 4. The summed E-state index contributed by atoms with van der Waals surface area (Å²) in [7, 11) is 5.05. The summed E-state index contributed by atoms with van der Waals surface area (Å²) in [6, 6.07) is -0.329. The number of likely N-dealkylation sites (tertiary alicyclic amines) is 1. The lowest BCUT2D eigenvalue weighted by atomic mass is 9.85. The van der Waals surface area contributed by atoms with Crippen LogP contribution in [0, 0.1) is 0 Å². The molecule has 21 heavy (non-hydrogen) atoms. The van der Waals surface area contributed by atoms with Crippen LogP contribution in [0.1, 0.15) is 12.8 Å². The topological polar surface area (TPSA) is 91.5 Å². The van der Waals surface area contributed by atoms with Crippen molar-refractivity contribution in [3.05, 3.63) is 0 Å². The van der Waals surface area contributed by atoms with Crippen molar-refractivity contribution >= 4 is 17.9 Å². The van der Waals surface area contributed by atoms with Gasteiger partial charge in [0.2, 0.25) is 0 Å². The molecule has 8 heteroatoms. The molecule has 2 aliphatic rings.